The second-order valence-electron chi connectivity index (χ2n) is 11.6. The van der Waals surface area contributed by atoms with Crippen LogP contribution in [0.25, 0.3) is 0 Å². The van der Waals surface area contributed by atoms with Crippen molar-refractivity contribution in [1.29, 1.82) is 0 Å². The Labute approximate surface area is 251 Å². The highest BCUT2D eigenvalue weighted by Crippen LogP contribution is 2.30. The molecule has 0 aliphatic rings. The average molecular weight is 626 g/mol. The maximum Gasteiger partial charge on any atom is 0.407 e. The Balaban J connectivity index is 2.04. The van der Waals surface area contributed by atoms with Gasteiger partial charge in [-0.1, -0.05) is 61.9 Å². The van der Waals surface area contributed by atoms with E-state index in [1.54, 1.807) is 16.4 Å². The maximum atomic E-state index is 14.1. The van der Waals surface area contributed by atoms with Crippen LogP contribution in [0.3, 0.4) is 0 Å². The second-order valence-corrected chi connectivity index (χ2v) is 12.4. The quantitative estimate of drug-likeness (QED) is 0.263. The third kappa shape index (κ3) is 8.76. The number of hydrogen-bond donors (Lipinski definition) is 1. The number of nitrogens with one attached hydrogen (secondary N) is 1. The summed E-state index contributed by atoms with van der Waals surface area (Å²) in [7, 11) is 0. The smallest absolute Gasteiger partial charge is 0.407 e. The van der Waals surface area contributed by atoms with Gasteiger partial charge in [-0.3, -0.25) is 14.2 Å². The Bertz CT molecular complexity index is 1400. The lowest BCUT2D eigenvalue weighted by molar-refractivity contribution is 0.0519. The Hall–Kier alpha value is -3.46. The molecule has 0 aliphatic heterocycles. The Morgan fingerprint density at radius 1 is 1.05 bits per heavy atom. The molecule has 9 heteroatoms. The molecular weight excluding hydrogens is 584 g/mol. The van der Waals surface area contributed by atoms with E-state index in [4.69, 9.17) is 9.72 Å². The molecule has 1 unspecified atom stereocenters. The number of hydrogen-bond acceptors (Lipinski definition) is 5. The zero-order valence-corrected chi connectivity index (χ0v) is 26.6. The first-order valence-electron chi connectivity index (χ1n) is 13.9. The van der Waals surface area contributed by atoms with Crippen LogP contribution in [-0.4, -0.2) is 45.1 Å². The predicted octanol–water partition coefficient (Wildman–Crippen LogP) is 6.43. The van der Waals surface area contributed by atoms with Gasteiger partial charge in [-0.05, 0) is 80.6 Å². The third-order valence-corrected chi connectivity index (χ3v) is 7.44. The molecule has 0 bridgehead atoms. The van der Waals surface area contributed by atoms with E-state index >= 15 is 0 Å². The van der Waals surface area contributed by atoms with Crippen molar-refractivity contribution in [2.75, 3.05) is 13.1 Å². The number of nitrogens with zero attached hydrogens (tertiary/aromatic N) is 3. The van der Waals surface area contributed by atoms with Crippen LogP contribution in [0.2, 0.25) is 0 Å². The van der Waals surface area contributed by atoms with Gasteiger partial charge in [-0.25, -0.2) is 9.78 Å². The van der Waals surface area contributed by atoms with E-state index in [9.17, 15) is 14.4 Å². The Morgan fingerprint density at radius 3 is 2.27 bits per heavy atom. The monoisotopic (exact) mass is 624 g/mol. The highest BCUT2D eigenvalue weighted by Gasteiger charge is 2.33. The molecule has 1 N–H and O–H groups in total. The molecule has 3 aromatic rings. The van der Waals surface area contributed by atoms with E-state index in [0.717, 1.165) is 11.1 Å². The van der Waals surface area contributed by atoms with Crippen molar-refractivity contribution < 1.29 is 14.3 Å². The molecule has 2 amide bonds. The summed E-state index contributed by atoms with van der Waals surface area (Å²) >= 11 is 3.43. The van der Waals surface area contributed by atoms with Gasteiger partial charge in [0.1, 0.15) is 15.9 Å². The molecular formula is C32H41BrN4O4. The lowest BCUT2D eigenvalue weighted by Crippen LogP contribution is -2.43. The van der Waals surface area contributed by atoms with Gasteiger partial charge >= 0.3 is 6.09 Å². The van der Waals surface area contributed by atoms with Crippen LogP contribution in [0.5, 0.6) is 0 Å². The minimum atomic E-state index is -0.603. The molecule has 0 fully saturated rings. The van der Waals surface area contributed by atoms with Crippen LogP contribution in [0, 0.1) is 19.8 Å². The first-order valence-corrected chi connectivity index (χ1v) is 14.7. The minimum Gasteiger partial charge on any atom is -0.444 e. The van der Waals surface area contributed by atoms with Gasteiger partial charge < -0.3 is 15.0 Å². The fraction of sp³-hybridized carbons (Fsp3) is 0.438. The molecule has 1 atom stereocenters. The van der Waals surface area contributed by atoms with Gasteiger partial charge in [-0.2, -0.15) is 0 Å². The van der Waals surface area contributed by atoms with Gasteiger partial charge in [0.25, 0.3) is 11.5 Å². The number of carbonyl (C=O) groups is 2. The summed E-state index contributed by atoms with van der Waals surface area (Å²) in [6.07, 6.45) is -0.0189. The summed E-state index contributed by atoms with van der Waals surface area (Å²) < 4.78 is 7.41. The highest BCUT2D eigenvalue weighted by atomic mass is 79.9. The van der Waals surface area contributed by atoms with Crippen LogP contribution in [0.4, 0.5) is 4.79 Å². The molecule has 0 spiro atoms. The molecule has 1 aromatic heterocycles. The van der Waals surface area contributed by atoms with E-state index in [2.05, 4.69) is 21.2 Å². The predicted molar refractivity (Wildman–Crippen MR) is 165 cm³/mol. The van der Waals surface area contributed by atoms with E-state index in [0.29, 0.717) is 47.6 Å². The molecule has 41 heavy (non-hydrogen) atoms. The van der Waals surface area contributed by atoms with Crippen LogP contribution in [-0.2, 0) is 11.3 Å². The Morgan fingerprint density at radius 2 is 1.68 bits per heavy atom. The van der Waals surface area contributed by atoms with Crippen molar-refractivity contribution in [3.8, 4) is 0 Å². The number of alkyl carbamates (subject to hydrolysis) is 1. The van der Waals surface area contributed by atoms with Crippen LogP contribution in [0.15, 0.2) is 63.9 Å². The first-order chi connectivity index (χ1) is 19.3. The maximum absolute atomic E-state index is 14.1. The summed E-state index contributed by atoms with van der Waals surface area (Å²) in [5.41, 5.74) is 2.32. The largest absolute Gasteiger partial charge is 0.444 e. The molecule has 0 aliphatic carbocycles. The number of halogens is 1. The van der Waals surface area contributed by atoms with Crippen LogP contribution in [0.1, 0.15) is 80.1 Å². The lowest BCUT2D eigenvalue weighted by Gasteiger charge is -2.36. The first kappa shape index (κ1) is 32.1. The number of ether oxygens (including phenoxy) is 1. The Kier molecular flexibility index (Phi) is 10.9. The SMILES string of the molecule is Cc1ccc(C(=O)N(CCCNC(=O)OC(C)(C)C)C(c2nc(C)c(Br)c(=O)n2Cc2ccccc2)C(C)C)cc1. The molecule has 2 aromatic carbocycles. The van der Waals surface area contributed by atoms with E-state index < -0.39 is 17.7 Å². The van der Waals surface area contributed by atoms with Crippen molar-refractivity contribution in [2.45, 2.75) is 73.1 Å². The normalized spacial score (nSPS) is 12.2. The summed E-state index contributed by atoms with van der Waals surface area (Å²) in [6, 6.07) is 16.7. The molecule has 220 valence electrons. The number of benzene rings is 2. The fourth-order valence-corrected chi connectivity index (χ4v) is 4.89. The molecule has 0 radical (unpaired) electrons. The molecule has 0 saturated heterocycles. The van der Waals surface area contributed by atoms with Crippen LogP contribution < -0.4 is 10.9 Å². The number of rotatable bonds is 10. The van der Waals surface area contributed by atoms with Crippen LogP contribution >= 0.6 is 15.9 Å². The number of aryl methyl sites for hydroxylation is 2. The molecule has 8 nitrogen and oxygen atoms in total. The topological polar surface area (TPSA) is 93.5 Å². The average Bonchev–Trinajstić information content (AvgIpc) is 2.90. The lowest BCUT2D eigenvalue weighted by atomic mass is 9.98. The molecule has 1 heterocycles. The summed E-state index contributed by atoms with van der Waals surface area (Å²) in [5.74, 6) is 0.287. The van der Waals surface area contributed by atoms with Crippen molar-refractivity contribution in [2.24, 2.45) is 5.92 Å². The number of amides is 2. The van der Waals surface area contributed by atoms with E-state index in [1.165, 1.54) is 0 Å². The zero-order valence-electron chi connectivity index (χ0n) is 25.0. The van der Waals surface area contributed by atoms with Gasteiger partial charge in [0.2, 0.25) is 0 Å². The van der Waals surface area contributed by atoms with Crippen molar-refractivity contribution >= 4 is 27.9 Å². The van der Waals surface area contributed by atoms with Crippen molar-refractivity contribution in [3.05, 3.63) is 97.6 Å². The zero-order chi connectivity index (χ0) is 30.3. The highest BCUT2D eigenvalue weighted by molar-refractivity contribution is 9.10. The van der Waals surface area contributed by atoms with Gasteiger partial charge in [-0.15, -0.1) is 0 Å². The van der Waals surface area contributed by atoms with E-state index in [1.807, 2.05) is 96.1 Å². The molecule has 3 rings (SSSR count). The minimum absolute atomic E-state index is 0.0716. The summed E-state index contributed by atoms with van der Waals surface area (Å²) in [4.78, 5) is 46.6. The van der Waals surface area contributed by atoms with Crippen molar-refractivity contribution in [3.63, 3.8) is 0 Å². The third-order valence-electron chi connectivity index (χ3n) is 6.53. The second kappa shape index (κ2) is 13.9. The van der Waals surface area contributed by atoms with Gasteiger partial charge in [0, 0.05) is 18.7 Å². The van der Waals surface area contributed by atoms with Gasteiger partial charge in [0.15, 0.2) is 0 Å². The molecule has 0 saturated carbocycles. The number of aromatic nitrogens is 2. The summed E-state index contributed by atoms with van der Waals surface area (Å²) in [6.45, 7) is 14.2. The number of carbonyl (C=O) groups excluding carboxylic acids is 2. The van der Waals surface area contributed by atoms with E-state index in [-0.39, 0.29) is 17.4 Å². The van der Waals surface area contributed by atoms with Crippen molar-refractivity contribution in [1.82, 2.24) is 19.8 Å². The summed E-state index contributed by atoms with van der Waals surface area (Å²) in [5, 5.41) is 2.78. The fourth-order valence-electron chi connectivity index (χ4n) is 4.58. The standard InChI is InChI=1S/C32H41BrN4O4/c1-21(2)27(28-35-23(4)26(33)30(39)37(28)20-24-12-9-8-10-13-24)36(29(38)25-16-14-22(3)15-17-25)19-11-18-34-31(40)41-32(5,6)7/h8-10,12-17,21,27H,11,18-20H2,1-7H3,(H,34,40). The van der Waals surface area contributed by atoms with Gasteiger partial charge in [0.05, 0.1) is 18.3 Å².